The maximum atomic E-state index is 2.30. The van der Waals surface area contributed by atoms with Crippen molar-refractivity contribution in [1.29, 1.82) is 0 Å². The molecule has 0 aromatic heterocycles. The van der Waals surface area contributed by atoms with E-state index in [1.807, 2.05) is 0 Å². The Hall–Kier alpha value is -3.38. The predicted octanol–water partition coefficient (Wildman–Crippen LogP) is 7.23. The summed E-state index contributed by atoms with van der Waals surface area (Å²) < 4.78 is 0. The van der Waals surface area contributed by atoms with Crippen LogP contribution in [0, 0.1) is 0 Å². The largest absolute Gasteiger partial charge is 0.0619 e. The summed E-state index contributed by atoms with van der Waals surface area (Å²) >= 11 is 0. The van der Waals surface area contributed by atoms with Crippen LogP contribution < -0.4 is 0 Å². The van der Waals surface area contributed by atoms with Crippen molar-refractivity contribution in [1.82, 2.24) is 0 Å². The topological polar surface area (TPSA) is 0 Å². The number of hydrogen-bond acceptors (Lipinski definition) is 0. The molecule has 0 amide bonds. The van der Waals surface area contributed by atoms with E-state index >= 15 is 0 Å². The van der Waals surface area contributed by atoms with Crippen LogP contribution in [-0.4, -0.2) is 0 Å². The Kier molecular flexibility index (Phi) is 3.04. The van der Waals surface area contributed by atoms with Crippen molar-refractivity contribution in [2.24, 2.45) is 0 Å². The highest BCUT2D eigenvalue weighted by Crippen LogP contribution is 2.44. The van der Waals surface area contributed by atoms with E-state index in [0.29, 0.717) is 0 Å². The smallest absolute Gasteiger partial charge is 0.000706 e. The number of benzene rings is 5. The highest BCUT2D eigenvalue weighted by atomic mass is 14.2. The van der Waals surface area contributed by atoms with Crippen molar-refractivity contribution in [3.63, 3.8) is 0 Å². The van der Waals surface area contributed by atoms with Crippen molar-refractivity contribution >= 4 is 21.5 Å². The van der Waals surface area contributed by atoms with Gasteiger partial charge in [0.05, 0.1) is 0 Å². The highest BCUT2D eigenvalue weighted by Gasteiger charge is 2.22. The van der Waals surface area contributed by atoms with Gasteiger partial charge < -0.3 is 0 Å². The highest BCUT2D eigenvalue weighted by molar-refractivity contribution is 6.09. The Bertz CT molecular complexity index is 1340. The monoisotopic (exact) mass is 342 g/mol. The summed E-state index contributed by atoms with van der Waals surface area (Å²) in [5.41, 5.74) is 8.36. The quantitative estimate of drug-likeness (QED) is 0.296. The zero-order valence-corrected chi connectivity index (χ0v) is 14.9. The van der Waals surface area contributed by atoms with Gasteiger partial charge in [-0.05, 0) is 61.3 Å². The standard InChI is InChI=1S/C27H18/c1-3-11-21-18(7-1)9-5-13-23(21)25-14-6-10-19-15-16-24-22-12-4-2-8-20(22)17-26(24)27(19)25/h1-16H,17H2. The molecule has 0 unspecified atom stereocenters. The summed E-state index contributed by atoms with van der Waals surface area (Å²) in [6.07, 6.45) is 1.02. The second-order valence-electron chi connectivity index (χ2n) is 7.36. The van der Waals surface area contributed by atoms with Crippen molar-refractivity contribution < 1.29 is 0 Å². The molecule has 0 radical (unpaired) electrons. The summed E-state index contributed by atoms with van der Waals surface area (Å²) in [5, 5.41) is 5.35. The molecule has 0 atom stereocenters. The van der Waals surface area contributed by atoms with E-state index in [4.69, 9.17) is 0 Å². The van der Waals surface area contributed by atoms with Gasteiger partial charge in [0.15, 0.2) is 0 Å². The lowest BCUT2D eigenvalue weighted by Crippen LogP contribution is -1.89. The van der Waals surface area contributed by atoms with Crippen LogP contribution in [-0.2, 0) is 6.42 Å². The molecule has 5 aromatic rings. The maximum absolute atomic E-state index is 2.30. The van der Waals surface area contributed by atoms with Gasteiger partial charge in [0, 0.05) is 0 Å². The molecule has 1 aliphatic rings. The average molecular weight is 342 g/mol. The summed E-state index contributed by atoms with van der Waals surface area (Å²) in [6.45, 7) is 0. The lowest BCUT2D eigenvalue weighted by Gasteiger charge is -2.14. The van der Waals surface area contributed by atoms with Crippen LogP contribution in [0.1, 0.15) is 11.1 Å². The summed E-state index contributed by atoms with van der Waals surface area (Å²) in [7, 11) is 0. The molecule has 0 fully saturated rings. The Labute approximate surface area is 158 Å². The summed E-state index contributed by atoms with van der Waals surface area (Å²) in [4.78, 5) is 0. The van der Waals surface area contributed by atoms with Crippen LogP contribution in [0.2, 0.25) is 0 Å². The fourth-order valence-corrected chi connectivity index (χ4v) is 4.70. The van der Waals surface area contributed by atoms with E-state index in [9.17, 15) is 0 Å². The van der Waals surface area contributed by atoms with E-state index in [1.54, 1.807) is 0 Å². The van der Waals surface area contributed by atoms with Crippen molar-refractivity contribution in [3.05, 3.63) is 108 Å². The van der Waals surface area contributed by atoms with Crippen molar-refractivity contribution in [3.8, 4) is 22.3 Å². The first kappa shape index (κ1) is 14.8. The third kappa shape index (κ3) is 2.10. The lowest BCUT2D eigenvalue weighted by molar-refractivity contribution is 1.28. The molecule has 0 saturated carbocycles. The normalized spacial score (nSPS) is 12.3. The zero-order valence-electron chi connectivity index (χ0n) is 14.9. The van der Waals surface area contributed by atoms with Gasteiger partial charge in [-0.15, -0.1) is 0 Å². The minimum absolute atomic E-state index is 1.02. The SMILES string of the molecule is c1ccc2c(c1)Cc1c-2ccc2cccc(-c3cccc4ccccc34)c12. The average Bonchev–Trinajstić information content (AvgIpc) is 3.12. The first-order chi connectivity index (χ1) is 13.4. The molecular weight excluding hydrogens is 324 g/mol. The van der Waals surface area contributed by atoms with E-state index < -0.39 is 0 Å². The third-order valence-electron chi connectivity index (χ3n) is 5.91. The fourth-order valence-electron chi connectivity index (χ4n) is 4.70. The van der Waals surface area contributed by atoms with Crippen molar-refractivity contribution in [2.45, 2.75) is 6.42 Å². The minimum Gasteiger partial charge on any atom is -0.0619 e. The van der Waals surface area contributed by atoms with Gasteiger partial charge in [0.25, 0.3) is 0 Å². The fraction of sp³-hybridized carbons (Fsp3) is 0.0370. The van der Waals surface area contributed by atoms with Crippen LogP contribution >= 0.6 is 0 Å². The van der Waals surface area contributed by atoms with Gasteiger partial charge in [0.2, 0.25) is 0 Å². The molecule has 5 aromatic carbocycles. The molecule has 0 spiro atoms. The molecule has 0 heteroatoms. The molecule has 1 aliphatic carbocycles. The minimum atomic E-state index is 1.02. The lowest BCUT2D eigenvalue weighted by atomic mass is 9.90. The van der Waals surface area contributed by atoms with Gasteiger partial charge in [-0.3, -0.25) is 0 Å². The second-order valence-corrected chi connectivity index (χ2v) is 7.36. The van der Waals surface area contributed by atoms with E-state index in [2.05, 4.69) is 97.1 Å². The molecular formula is C27H18. The summed E-state index contributed by atoms with van der Waals surface area (Å²) in [5.74, 6) is 0. The molecule has 0 saturated heterocycles. The molecule has 0 heterocycles. The second kappa shape index (κ2) is 5.56. The molecule has 0 aliphatic heterocycles. The number of fused-ring (bicyclic) bond motifs is 6. The van der Waals surface area contributed by atoms with Crippen LogP contribution in [0.3, 0.4) is 0 Å². The third-order valence-corrected chi connectivity index (χ3v) is 5.91. The Balaban J connectivity index is 1.72. The predicted molar refractivity (Wildman–Crippen MR) is 115 cm³/mol. The maximum Gasteiger partial charge on any atom is -0.000706 e. The zero-order chi connectivity index (χ0) is 17.8. The summed E-state index contributed by atoms with van der Waals surface area (Å²) in [6, 6.07) is 35.4. The molecule has 6 rings (SSSR count). The Morgan fingerprint density at radius 1 is 0.444 bits per heavy atom. The number of rotatable bonds is 1. The molecule has 0 bridgehead atoms. The molecule has 27 heavy (non-hydrogen) atoms. The van der Waals surface area contributed by atoms with Crippen LogP contribution in [0.25, 0.3) is 43.8 Å². The van der Waals surface area contributed by atoms with Gasteiger partial charge in [-0.1, -0.05) is 97.1 Å². The van der Waals surface area contributed by atoms with Gasteiger partial charge in [-0.2, -0.15) is 0 Å². The van der Waals surface area contributed by atoms with E-state index in [-0.39, 0.29) is 0 Å². The molecule has 0 N–H and O–H groups in total. The Morgan fingerprint density at radius 3 is 2.11 bits per heavy atom. The van der Waals surface area contributed by atoms with Crippen molar-refractivity contribution in [2.75, 3.05) is 0 Å². The number of hydrogen-bond donors (Lipinski definition) is 0. The Morgan fingerprint density at radius 2 is 1.15 bits per heavy atom. The van der Waals surface area contributed by atoms with Crippen LogP contribution in [0.5, 0.6) is 0 Å². The van der Waals surface area contributed by atoms with Crippen LogP contribution in [0.4, 0.5) is 0 Å². The van der Waals surface area contributed by atoms with Gasteiger partial charge in [-0.25, -0.2) is 0 Å². The van der Waals surface area contributed by atoms with Gasteiger partial charge in [0.1, 0.15) is 0 Å². The first-order valence-corrected chi connectivity index (χ1v) is 9.51. The van der Waals surface area contributed by atoms with E-state index in [0.717, 1.165) is 6.42 Å². The van der Waals surface area contributed by atoms with E-state index in [1.165, 1.54) is 54.9 Å². The first-order valence-electron chi connectivity index (χ1n) is 9.51. The molecule has 0 nitrogen and oxygen atoms in total. The molecule has 126 valence electrons. The van der Waals surface area contributed by atoms with Crippen LogP contribution in [0.15, 0.2) is 97.1 Å². The van der Waals surface area contributed by atoms with Gasteiger partial charge >= 0.3 is 0 Å².